The lowest BCUT2D eigenvalue weighted by Gasteiger charge is -2.35. The Morgan fingerprint density at radius 1 is 1.25 bits per heavy atom. The zero-order valence-electron chi connectivity index (χ0n) is 17.4. The molecule has 0 radical (unpaired) electrons. The number of likely N-dealkylation sites (N-methyl/N-ethyl adjacent to an activating group) is 1. The Labute approximate surface area is 173 Å². The quantitative estimate of drug-likeness (QED) is 0.561. The van der Waals surface area contributed by atoms with Gasteiger partial charge in [0.2, 0.25) is 0 Å². The van der Waals surface area contributed by atoms with Gasteiger partial charge in [0.15, 0.2) is 5.96 Å². The maximum atomic E-state index is 14.7. The van der Waals surface area contributed by atoms with Gasteiger partial charge in [-0.05, 0) is 49.8 Å². The third-order valence-corrected chi connectivity index (χ3v) is 7.32. The van der Waals surface area contributed by atoms with Crippen molar-refractivity contribution in [3.05, 3.63) is 29.6 Å². The van der Waals surface area contributed by atoms with Gasteiger partial charge < -0.3 is 20.4 Å². The second-order valence-corrected chi connectivity index (χ2v) is 9.57. The summed E-state index contributed by atoms with van der Waals surface area (Å²) >= 11 is 2.03. The number of piperazine rings is 1. The smallest absolute Gasteiger partial charge is 0.191 e. The Balaban J connectivity index is 1.51. The molecule has 0 amide bonds. The number of nitrogens with zero attached hydrogens (tertiary/aromatic N) is 3. The lowest BCUT2D eigenvalue weighted by Crippen LogP contribution is -2.46. The Kier molecular flexibility index (Phi) is 7.46. The molecule has 2 aliphatic heterocycles. The summed E-state index contributed by atoms with van der Waals surface area (Å²) in [6.45, 7) is 10.8. The summed E-state index contributed by atoms with van der Waals surface area (Å²) in [5, 5.41) is 6.73. The molecule has 2 aliphatic rings. The minimum absolute atomic E-state index is 0.137. The normalized spacial score (nSPS) is 23.9. The van der Waals surface area contributed by atoms with Crippen LogP contribution in [-0.4, -0.2) is 67.7 Å². The molecule has 1 aromatic carbocycles. The van der Waals surface area contributed by atoms with Crippen molar-refractivity contribution in [3.63, 3.8) is 0 Å². The fraction of sp³-hybridized carbons (Fsp3) is 0.667. The molecule has 1 aromatic rings. The van der Waals surface area contributed by atoms with Crippen LogP contribution in [0.15, 0.2) is 23.2 Å². The van der Waals surface area contributed by atoms with Crippen molar-refractivity contribution in [2.24, 2.45) is 4.99 Å². The summed E-state index contributed by atoms with van der Waals surface area (Å²) in [6, 6.07) is 5.58. The monoisotopic (exact) mass is 407 g/mol. The first kappa shape index (κ1) is 21.2. The summed E-state index contributed by atoms with van der Waals surface area (Å²) in [5.74, 6) is 1.87. The van der Waals surface area contributed by atoms with E-state index in [1.807, 2.05) is 23.9 Å². The van der Waals surface area contributed by atoms with E-state index < -0.39 is 0 Å². The van der Waals surface area contributed by atoms with Gasteiger partial charge in [-0.3, -0.25) is 4.99 Å². The molecule has 0 spiro atoms. The highest BCUT2D eigenvalue weighted by atomic mass is 32.2. The van der Waals surface area contributed by atoms with Crippen molar-refractivity contribution < 1.29 is 4.39 Å². The van der Waals surface area contributed by atoms with E-state index >= 15 is 0 Å². The first-order valence-corrected chi connectivity index (χ1v) is 11.4. The van der Waals surface area contributed by atoms with Gasteiger partial charge in [-0.15, -0.1) is 0 Å². The lowest BCUT2D eigenvalue weighted by molar-refractivity contribution is 0.270. The Morgan fingerprint density at radius 3 is 2.64 bits per heavy atom. The van der Waals surface area contributed by atoms with Crippen LogP contribution >= 0.6 is 11.8 Å². The highest BCUT2D eigenvalue weighted by Crippen LogP contribution is 2.36. The second kappa shape index (κ2) is 9.83. The van der Waals surface area contributed by atoms with E-state index in [9.17, 15) is 4.39 Å². The number of aliphatic imine (C=N–C) groups is 1. The standard InChI is InChI=1S/C21H34FN5S/c1-4-26-9-11-27(12-10-26)19-7-6-17(14-18(19)22)15-24-20(23-3)25-16-21(2)8-5-13-28-21/h6-7,14H,4-5,8-13,15-16H2,1-3H3,(H2,23,24,25). The predicted molar refractivity (Wildman–Crippen MR) is 119 cm³/mol. The number of nitrogens with one attached hydrogen (secondary N) is 2. The molecule has 0 bridgehead atoms. The van der Waals surface area contributed by atoms with Gasteiger partial charge >= 0.3 is 0 Å². The van der Waals surface area contributed by atoms with Gasteiger partial charge in [0, 0.05) is 51.1 Å². The van der Waals surface area contributed by atoms with Crippen LogP contribution in [-0.2, 0) is 6.54 Å². The maximum Gasteiger partial charge on any atom is 0.191 e. The molecule has 2 N–H and O–H groups in total. The van der Waals surface area contributed by atoms with Gasteiger partial charge in [0.25, 0.3) is 0 Å². The molecule has 0 aliphatic carbocycles. The number of halogens is 1. The van der Waals surface area contributed by atoms with Crippen molar-refractivity contribution in [1.82, 2.24) is 15.5 Å². The van der Waals surface area contributed by atoms with E-state index in [0.717, 1.165) is 50.8 Å². The van der Waals surface area contributed by atoms with Gasteiger partial charge in [-0.2, -0.15) is 11.8 Å². The second-order valence-electron chi connectivity index (χ2n) is 7.89. The van der Waals surface area contributed by atoms with E-state index in [0.29, 0.717) is 12.2 Å². The van der Waals surface area contributed by atoms with Crippen LogP contribution in [0.5, 0.6) is 0 Å². The number of benzene rings is 1. The number of hydrogen-bond acceptors (Lipinski definition) is 4. The molecule has 156 valence electrons. The molecule has 2 heterocycles. The van der Waals surface area contributed by atoms with Crippen LogP contribution in [0.2, 0.25) is 0 Å². The highest BCUT2D eigenvalue weighted by Gasteiger charge is 2.29. The first-order chi connectivity index (χ1) is 13.5. The van der Waals surface area contributed by atoms with Crippen molar-refractivity contribution in [3.8, 4) is 0 Å². The van der Waals surface area contributed by atoms with Gasteiger partial charge in [-0.25, -0.2) is 4.39 Å². The van der Waals surface area contributed by atoms with Crippen molar-refractivity contribution in [2.75, 3.05) is 57.0 Å². The summed E-state index contributed by atoms with van der Waals surface area (Å²) in [7, 11) is 1.78. The number of guanidine groups is 1. The van der Waals surface area contributed by atoms with Crippen LogP contribution in [0.25, 0.3) is 0 Å². The van der Waals surface area contributed by atoms with Crippen molar-refractivity contribution in [2.45, 2.75) is 38.0 Å². The van der Waals surface area contributed by atoms with Crippen LogP contribution in [0.3, 0.4) is 0 Å². The van der Waals surface area contributed by atoms with E-state index in [1.165, 1.54) is 18.6 Å². The Morgan fingerprint density at radius 2 is 2.04 bits per heavy atom. The minimum atomic E-state index is -0.137. The van der Waals surface area contributed by atoms with Gasteiger partial charge in [0.1, 0.15) is 5.82 Å². The largest absolute Gasteiger partial charge is 0.367 e. The molecule has 2 fully saturated rings. The van der Waals surface area contributed by atoms with Crippen LogP contribution in [0.4, 0.5) is 10.1 Å². The molecule has 1 unspecified atom stereocenters. The third kappa shape index (κ3) is 5.54. The molecule has 3 rings (SSSR count). The molecule has 7 heteroatoms. The lowest BCUT2D eigenvalue weighted by atomic mass is 10.1. The van der Waals surface area contributed by atoms with Gasteiger partial charge in [0.05, 0.1) is 5.69 Å². The average Bonchev–Trinajstić information content (AvgIpc) is 3.15. The Bertz CT molecular complexity index is 667. The number of rotatable bonds is 6. The molecule has 0 aromatic heterocycles. The zero-order valence-corrected chi connectivity index (χ0v) is 18.2. The summed E-state index contributed by atoms with van der Waals surface area (Å²) < 4.78 is 15.0. The minimum Gasteiger partial charge on any atom is -0.367 e. The fourth-order valence-electron chi connectivity index (χ4n) is 3.88. The number of thioether (sulfide) groups is 1. The number of hydrogen-bond donors (Lipinski definition) is 2. The SMILES string of the molecule is CCN1CCN(c2ccc(CNC(=NC)NCC3(C)CCCS3)cc2F)CC1. The molecule has 5 nitrogen and oxygen atoms in total. The zero-order chi connectivity index (χ0) is 20.0. The summed E-state index contributed by atoms with van der Waals surface area (Å²) in [5.41, 5.74) is 1.64. The van der Waals surface area contributed by atoms with Gasteiger partial charge in [-0.1, -0.05) is 13.0 Å². The molecule has 28 heavy (non-hydrogen) atoms. The fourth-order valence-corrected chi connectivity index (χ4v) is 5.12. The number of anilines is 1. The third-order valence-electron chi connectivity index (χ3n) is 5.79. The topological polar surface area (TPSA) is 42.9 Å². The van der Waals surface area contributed by atoms with Crippen LogP contribution < -0.4 is 15.5 Å². The predicted octanol–water partition coefficient (Wildman–Crippen LogP) is 2.92. The average molecular weight is 408 g/mol. The molecule has 2 saturated heterocycles. The van der Waals surface area contributed by atoms with Crippen molar-refractivity contribution in [1.29, 1.82) is 0 Å². The van der Waals surface area contributed by atoms with E-state index in [2.05, 4.69) is 39.3 Å². The molecule has 1 atom stereocenters. The first-order valence-electron chi connectivity index (χ1n) is 10.4. The maximum absolute atomic E-state index is 14.7. The molecular weight excluding hydrogens is 373 g/mol. The molecular formula is C21H34FN5S. The van der Waals surface area contributed by atoms with E-state index in [4.69, 9.17) is 0 Å². The van der Waals surface area contributed by atoms with E-state index in [1.54, 1.807) is 13.1 Å². The summed E-state index contributed by atoms with van der Waals surface area (Å²) in [6.07, 6.45) is 2.52. The molecule has 0 saturated carbocycles. The van der Waals surface area contributed by atoms with E-state index in [-0.39, 0.29) is 10.6 Å². The van der Waals surface area contributed by atoms with Crippen LogP contribution in [0.1, 0.15) is 32.3 Å². The van der Waals surface area contributed by atoms with Crippen molar-refractivity contribution >= 4 is 23.4 Å². The highest BCUT2D eigenvalue weighted by molar-refractivity contribution is 8.00. The Hall–Kier alpha value is -1.47. The van der Waals surface area contributed by atoms with Crippen LogP contribution in [0, 0.1) is 5.82 Å². The summed E-state index contributed by atoms with van der Waals surface area (Å²) in [4.78, 5) is 8.85.